The zero-order chi connectivity index (χ0) is 16.2. The predicted molar refractivity (Wildman–Crippen MR) is 94.6 cm³/mol. The van der Waals surface area contributed by atoms with Crippen LogP contribution in [0.5, 0.6) is 5.75 Å². The van der Waals surface area contributed by atoms with E-state index in [1.54, 1.807) is 24.3 Å². The molecular weight excluding hydrogens is 336 g/mol. The first kappa shape index (κ1) is 20.2. The molecule has 1 aromatic rings. The van der Waals surface area contributed by atoms with Crippen molar-refractivity contribution in [3.63, 3.8) is 0 Å². The lowest BCUT2D eigenvalue weighted by molar-refractivity contribution is 0.242. The molecule has 1 atom stereocenters. The predicted octanol–water partition coefficient (Wildman–Crippen LogP) is 2.69. The highest BCUT2D eigenvalue weighted by molar-refractivity contribution is 7.89. The summed E-state index contributed by atoms with van der Waals surface area (Å²) in [4.78, 5) is 0.250. The fraction of sp³-hybridized carbons (Fsp3) is 0.625. The molecular formula is C16H27ClN2O3S. The van der Waals surface area contributed by atoms with E-state index >= 15 is 0 Å². The van der Waals surface area contributed by atoms with Crippen molar-refractivity contribution in [3.8, 4) is 5.75 Å². The van der Waals surface area contributed by atoms with Crippen LogP contribution in [0.1, 0.15) is 39.5 Å². The number of rotatable bonds is 7. The highest BCUT2D eigenvalue weighted by Gasteiger charge is 2.28. The van der Waals surface area contributed by atoms with E-state index in [1.807, 2.05) is 13.8 Å². The average molecular weight is 363 g/mol. The van der Waals surface area contributed by atoms with Crippen LogP contribution in [-0.4, -0.2) is 27.1 Å². The SMILES string of the molecule is CC(C)Oc1ccc(S(=O)(=O)NC(CN)C2CCCC2)cc1.Cl. The van der Waals surface area contributed by atoms with Gasteiger partial charge in [0.25, 0.3) is 0 Å². The molecule has 1 unspecified atom stereocenters. The Bertz CT molecular complexity index is 569. The van der Waals surface area contributed by atoms with Crippen molar-refractivity contribution in [2.45, 2.75) is 56.6 Å². The molecule has 0 aliphatic heterocycles. The number of sulfonamides is 1. The van der Waals surface area contributed by atoms with Gasteiger partial charge in [-0.1, -0.05) is 12.8 Å². The molecule has 5 nitrogen and oxygen atoms in total. The van der Waals surface area contributed by atoms with Gasteiger partial charge in [-0.2, -0.15) is 0 Å². The Labute approximate surface area is 145 Å². The molecule has 0 saturated heterocycles. The van der Waals surface area contributed by atoms with Crippen molar-refractivity contribution in [2.75, 3.05) is 6.54 Å². The van der Waals surface area contributed by atoms with Gasteiger partial charge in [-0.25, -0.2) is 13.1 Å². The molecule has 7 heteroatoms. The second kappa shape index (κ2) is 8.87. The fourth-order valence-corrected chi connectivity index (χ4v) is 4.25. The molecule has 0 heterocycles. The number of nitrogens with one attached hydrogen (secondary N) is 1. The van der Waals surface area contributed by atoms with Crippen molar-refractivity contribution in [1.82, 2.24) is 4.72 Å². The Morgan fingerprint density at radius 1 is 1.22 bits per heavy atom. The summed E-state index contributed by atoms with van der Waals surface area (Å²) < 4.78 is 33.3. The molecule has 1 aliphatic carbocycles. The lowest BCUT2D eigenvalue weighted by Gasteiger charge is -2.23. The summed E-state index contributed by atoms with van der Waals surface area (Å²) in [6, 6.07) is 6.33. The highest BCUT2D eigenvalue weighted by Crippen LogP contribution is 2.28. The Kier molecular flexibility index (Phi) is 7.80. The summed E-state index contributed by atoms with van der Waals surface area (Å²) in [6.07, 6.45) is 4.47. The summed E-state index contributed by atoms with van der Waals surface area (Å²) in [5, 5.41) is 0. The minimum atomic E-state index is -3.54. The van der Waals surface area contributed by atoms with Crippen molar-refractivity contribution < 1.29 is 13.2 Å². The van der Waals surface area contributed by atoms with Crippen molar-refractivity contribution in [3.05, 3.63) is 24.3 Å². The van der Waals surface area contributed by atoms with Gasteiger partial charge in [-0.15, -0.1) is 12.4 Å². The molecule has 1 fully saturated rings. The molecule has 0 amide bonds. The number of nitrogens with two attached hydrogens (primary N) is 1. The molecule has 3 N–H and O–H groups in total. The normalized spacial score (nSPS) is 17.0. The molecule has 132 valence electrons. The van der Waals surface area contributed by atoms with E-state index in [2.05, 4.69) is 4.72 Å². The monoisotopic (exact) mass is 362 g/mol. The van der Waals surface area contributed by atoms with Crippen molar-refractivity contribution in [2.24, 2.45) is 11.7 Å². The summed E-state index contributed by atoms with van der Waals surface area (Å²) >= 11 is 0. The van der Waals surface area contributed by atoms with Gasteiger partial charge in [0.05, 0.1) is 11.0 Å². The lowest BCUT2D eigenvalue weighted by atomic mass is 9.99. The molecule has 0 spiro atoms. The van der Waals surface area contributed by atoms with Crippen LogP contribution >= 0.6 is 12.4 Å². The van der Waals surface area contributed by atoms with E-state index in [0.717, 1.165) is 25.7 Å². The van der Waals surface area contributed by atoms with Crippen LogP contribution in [0.2, 0.25) is 0 Å². The maximum Gasteiger partial charge on any atom is 0.240 e. The van der Waals surface area contributed by atoms with E-state index in [0.29, 0.717) is 18.2 Å². The van der Waals surface area contributed by atoms with Crippen LogP contribution in [0.25, 0.3) is 0 Å². The summed E-state index contributed by atoms with van der Waals surface area (Å²) in [5.41, 5.74) is 5.77. The second-order valence-corrected chi connectivity index (χ2v) is 7.86. The maximum absolute atomic E-state index is 12.5. The standard InChI is InChI=1S/C16H26N2O3S.ClH/c1-12(2)21-14-7-9-15(10-8-14)22(19,20)18-16(11-17)13-5-3-4-6-13;/h7-10,12-13,16,18H,3-6,11,17H2,1-2H3;1H. The van der Waals surface area contributed by atoms with Crippen LogP contribution in [0.3, 0.4) is 0 Å². The van der Waals surface area contributed by atoms with Crippen LogP contribution in [0, 0.1) is 5.92 Å². The summed E-state index contributed by atoms with van der Waals surface area (Å²) in [5.74, 6) is 1.02. The van der Waals surface area contributed by atoms with E-state index in [1.165, 1.54) is 0 Å². The zero-order valence-electron chi connectivity index (χ0n) is 13.7. The van der Waals surface area contributed by atoms with Gasteiger partial charge in [-0.05, 0) is 56.9 Å². The van der Waals surface area contributed by atoms with E-state index < -0.39 is 10.0 Å². The molecule has 1 saturated carbocycles. The average Bonchev–Trinajstić information content (AvgIpc) is 2.99. The quantitative estimate of drug-likeness (QED) is 0.781. The fourth-order valence-electron chi connectivity index (χ4n) is 2.93. The molecule has 0 bridgehead atoms. The van der Waals surface area contributed by atoms with E-state index in [9.17, 15) is 8.42 Å². The van der Waals surface area contributed by atoms with Crippen LogP contribution in [0.4, 0.5) is 0 Å². The first-order valence-electron chi connectivity index (χ1n) is 7.91. The molecule has 23 heavy (non-hydrogen) atoms. The first-order chi connectivity index (χ1) is 10.4. The topological polar surface area (TPSA) is 81.4 Å². The Morgan fingerprint density at radius 3 is 2.26 bits per heavy atom. The van der Waals surface area contributed by atoms with Gasteiger partial charge in [0.15, 0.2) is 0 Å². The molecule has 1 aromatic carbocycles. The van der Waals surface area contributed by atoms with Crippen LogP contribution in [-0.2, 0) is 10.0 Å². The summed E-state index contributed by atoms with van der Waals surface area (Å²) in [6.45, 7) is 4.19. The number of hydrogen-bond acceptors (Lipinski definition) is 4. The van der Waals surface area contributed by atoms with Gasteiger partial charge < -0.3 is 10.5 Å². The minimum absolute atomic E-state index is 0. The lowest BCUT2D eigenvalue weighted by Crippen LogP contribution is -2.44. The highest BCUT2D eigenvalue weighted by atomic mass is 35.5. The van der Waals surface area contributed by atoms with Crippen LogP contribution < -0.4 is 15.2 Å². The maximum atomic E-state index is 12.5. The van der Waals surface area contributed by atoms with Gasteiger partial charge >= 0.3 is 0 Å². The number of halogens is 1. The van der Waals surface area contributed by atoms with Crippen LogP contribution in [0.15, 0.2) is 29.2 Å². The minimum Gasteiger partial charge on any atom is -0.491 e. The third kappa shape index (κ3) is 5.64. The van der Waals surface area contributed by atoms with Gasteiger partial charge in [0, 0.05) is 12.6 Å². The molecule has 2 rings (SSSR count). The van der Waals surface area contributed by atoms with Gasteiger partial charge in [0.1, 0.15) is 5.75 Å². The summed E-state index contributed by atoms with van der Waals surface area (Å²) in [7, 11) is -3.54. The first-order valence-corrected chi connectivity index (χ1v) is 9.40. The molecule has 0 aromatic heterocycles. The largest absolute Gasteiger partial charge is 0.491 e. The Balaban J connectivity index is 0.00000264. The molecule has 0 radical (unpaired) electrons. The van der Waals surface area contributed by atoms with Gasteiger partial charge in [-0.3, -0.25) is 0 Å². The molecule has 1 aliphatic rings. The van der Waals surface area contributed by atoms with Crippen molar-refractivity contribution >= 4 is 22.4 Å². The Hall–Kier alpha value is -0.820. The van der Waals surface area contributed by atoms with Gasteiger partial charge in [0.2, 0.25) is 10.0 Å². The smallest absolute Gasteiger partial charge is 0.240 e. The van der Waals surface area contributed by atoms with Crippen molar-refractivity contribution in [1.29, 1.82) is 0 Å². The third-order valence-electron chi connectivity index (χ3n) is 4.04. The number of hydrogen-bond donors (Lipinski definition) is 2. The zero-order valence-corrected chi connectivity index (χ0v) is 15.3. The van der Waals surface area contributed by atoms with E-state index in [-0.39, 0.29) is 29.4 Å². The number of benzene rings is 1. The van der Waals surface area contributed by atoms with E-state index in [4.69, 9.17) is 10.5 Å². The Morgan fingerprint density at radius 2 is 1.78 bits per heavy atom. The second-order valence-electron chi connectivity index (χ2n) is 6.15. The third-order valence-corrected chi connectivity index (χ3v) is 5.54. The number of ether oxygens (including phenoxy) is 1.